The molecule has 0 saturated carbocycles. The lowest BCUT2D eigenvalue weighted by Gasteiger charge is -2.13. The molecule has 1 aromatic carbocycles. The van der Waals surface area contributed by atoms with Gasteiger partial charge in [-0.15, -0.1) is 0 Å². The predicted octanol–water partition coefficient (Wildman–Crippen LogP) is 4.68. The molecular formula is C21H34N2O3. The van der Waals surface area contributed by atoms with E-state index in [1.807, 2.05) is 32.9 Å². The molecule has 0 aliphatic rings. The number of aromatic amines is 1. The second kappa shape index (κ2) is 10.3. The van der Waals surface area contributed by atoms with E-state index in [2.05, 4.69) is 24.1 Å². The third-order valence-corrected chi connectivity index (χ3v) is 4.49. The van der Waals surface area contributed by atoms with Crippen molar-refractivity contribution in [1.82, 2.24) is 10.3 Å². The molecule has 1 heterocycles. The Morgan fingerprint density at radius 2 is 1.65 bits per heavy atom. The lowest BCUT2D eigenvalue weighted by molar-refractivity contribution is 0.289. The van der Waals surface area contributed by atoms with Crippen LogP contribution in [0.3, 0.4) is 0 Å². The second-order valence-corrected chi connectivity index (χ2v) is 6.41. The number of fused-ring (bicyclic) bond motifs is 1. The van der Waals surface area contributed by atoms with Crippen LogP contribution in [0.15, 0.2) is 12.1 Å². The van der Waals surface area contributed by atoms with Crippen LogP contribution in [-0.2, 0) is 6.42 Å². The Labute approximate surface area is 157 Å². The second-order valence-electron chi connectivity index (χ2n) is 6.41. The molecule has 1 aromatic heterocycles. The summed E-state index contributed by atoms with van der Waals surface area (Å²) in [5.41, 5.74) is 2.16. The molecule has 0 saturated heterocycles. The zero-order valence-corrected chi connectivity index (χ0v) is 16.9. The van der Waals surface area contributed by atoms with E-state index >= 15 is 0 Å². The predicted molar refractivity (Wildman–Crippen MR) is 108 cm³/mol. The average molecular weight is 363 g/mol. The summed E-state index contributed by atoms with van der Waals surface area (Å²) in [6.07, 6.45) is 3.14. The highest BCUT2D eigenvalue weighted by molar-refractivity contribution is 5.95. The van der Waals surface area contributed by atoms with Gasteiger partial charge >= 0.3 is 0 Å². The quantitative estimate of drug-likeness (QED) is 0.538. The van der Waals surface area contributed by atoms with Gasteiger partial charge < -0.3 is 24.5 Å². The van der Waals surface area contributed by atoms with E-state index in [0.29, 0.717) is 25.9 Å². The van der Waals surface area contributed by atoms with E-state index in [0.717, 1.165) is 59.7 Å². The minimum Gasteiger partial charge on any atom is -0.491 e. The highest BCUT2D eigenvalue weighted by atomic mass is 16.5. The molecule has 2 rings (SSSR count). The van der Waals surface area contributed by atoms with Crippen LogP contribution in [0.2, 0.25) is 0 Å². The number of H-pyrrole nitrogens is 1. The molecule has 0 bridgehead atoms. The number of ether oxygens (including phenoxy) is 3. The highest BCUT2D eigenvalue weighted by Crippen LogP contribution is 2.43. The van der Waals surface area contributed by atoms with Crippen molar-refractivity contribution >= 4 is 10.9 Å². The molecule has 146 valence electrons. The summed E-state index contributed by atoms with van der Waals surface area (Å²) in [4.78, 5) is 3.53. The van der Waals surface area contributed by atoms with Gasteiger partial charge in [-0.25, -0.2) is 0 Å². The van der Waals surface area contributed by atoms with Crippen molar-refractivity contribution in [3.05, 3.63) is 17.8 Å². The van der Waals surface area contributed by atoms with E-state index in [9.17, 15) is 0 Å². The first-order valence-corrected chi connectivity index (χ1v) is 9.95. The first-order chi connectivity index (χ1) is 12.7. The van der Waals surface area contributed by atoms with Crippen molar-refractivity contribution in [2.75, 3.05) is 26.4 Å². The topological polar surface area (TPSA) is 55.5 Å². The molecule has 0 aliphatic heterocycles. The highest BCUT2D eigenvalue weighted by Gasteiger charge is 2.20. The molecule has 0 fully saturated rings. The Morgan fingerprint density at radius 1 is 0.962 bits per heavy atom. The molecule has 2 aromatic rings. The van der Waals surface area contributed by atoms with Crippen LogP contribution in [0.1, 0.15) is 53.2 Å². The fourth-order valence-corrected chi connectivity index (χ4v) is 3.06. The fourth-order valence-electron chi connectivity index (χ4n) is 3.06. The Bertz CT molecular complexity index is 681. The fraction of sp³-hybridized carbons (Fsp3) is 0.619. The minimum absolute atomic E-state index is 0.558. The number of rotatable bonds is 12. The van der Waals surface area contributed by atoms with Crippen LogP contribution in [0, 0.1) is 0 Å². The summed E-state index contributed by atoms with van der Waals surface area (Å²) >= 11 is 0. The van der Waals surface area contributed by atoms with Crippen molar-refractivity contribution in [2.45, 2.75) is 59.9 Å². The Hall–Kier alpha value is -1.88. The van der Waals surface area contributed by atoms with Crippen molar-refractivity contribution in [1.29, 1.82) is 0 Å². The summed E-state index contributed by atoms with van der Waals surface area (Å²) in [5, 5.41) is 4.54. The number of hydrogen-bond acceptors (Lipinski definition) is 4. The van der Waals surface area contributed by atoms with Crippen molar-refractivity contribution in [2.24, 2.45) is 0 Å². The van der Waals surface area contributed by atoms with E-state index in [-0.39, 0.29) is 0 Å². The zero-order chi connectivity index (χ0) is 18.9. The van der Waals surface area contributed by atoms with Crippen molar-refractivity contribution in [3.63, 3.8) is 0 Å². The van der Waals surface area contributed by atoms with Crippen molar-refractivity contribution < 1.29 is 14.2 Å². The minimum atomic E-state index is 0.558. The Kier molecular flexibility index (Phi) is 8.10. The van der Waals surface area contributed by atoms with Crippen LogP contribution in [0.5, 0.6) is 17.2 Å². The molecule has 0 amide bonds. The van der Waals surface area contributed by atoms with Gasteiger partial charge in [-0.3, -0.25) is 0 Å². The molecule has 5 heteroatoms. The van der Waals surface area contributed by atoms with Crippen LogP contribution in [0.4, 0.5) is 0 Å². The molecule has 0 radical (unpaired) electrons. The lowest BCUT2D eigenvalue weighted by atomic mass is 10.1. The maximum absolute atomic E-state index is 6.02. The molecule has 26 heavy (non-hydrogen) atoms. The summed E-state index contributed by atoms with van der Waals surface area (Å²) in [6.45, 7) is 13.2. The summed E-state index contributed by atoms with van der Waals surface area (Å²) in [5.74, 6) is 2.44. The van der Waals surface area contributed by atoms with Crippen molar-refractivity contribution in [3.8, 4) is 17.2 Å². The monoisotopic (exact) mass is 362 g/mol. The van der Waals surface area contributed by atoms with Gasteiger partial charge in [0.2, 0.25) is 0 Å². The van der Waals surface area contributed by atoms with Gasteiger partial charge in [0, 0.05) is 6.04 Å². The van der Waals surface area contributed by atoms with Gasteiger partial charge in [0.15, 0.2) is 17.2 Å². The summed E-state index contributed by atoms with van der Waals surface area (Å²) < 4.78 is 17.7. The van der Waals surface area contributed by atoms with Gasteiger partial charge in [-0.1, -0.05) is 6.92 Å². The molecule has 1 unspecified atom stereocenters. The van der Waals surface area contributed by atoms with E-state index in [1.54, 1.807) is 0 Å². The third-order valence-electron chi connectivity index (χ3n) is 4.49. The largest absolute Gasteiger partial charge is 0.491 e. The van der Waals surface area contributed by atoms with Crippen LogP contribution < -0.4 is 19.5 Å². The molecular weight excluding hydrogens is 328 g/mol. The molecule has 2 N–H and O–H groups in total. The van der Waals surface area contributed by atoms with Gasteiger partial charge in [-0.2, -0.15) is 0 Å². The standard InChI is InChI=1S/C21H34N2O3/c1-6-15(5)22-14-10-11-17-20(25-8-3)19-16(23-17)12-13-18(24-7-2)21(19)26-9-4/h12-13,15,22-23H,6-11,14H2,1-5H3. The van der Waals surface area contributed by atoms with Crippen LogP contribution in [-0.4, -0.2) is 37.4 Å². The Morgan fingerprint density at radius 3 is 2.31 bits per heavy atom. The van der Waals surface area contributed by atoms with Crippen LogP contribution >= 0.6 is 0 Å². The first kappa shape index (κ1) is 20.4. The maximum atomic E-state index is 6.02. The molecule has 0 spiro atoms. The van der Waals surface area contributed by atoms with E-state index in [4.69, 9.17) is 14.2 Å². The summed E-state index contributed by atoms with van der Waals surface area (Å²) in [7, 11) is 0. The third kappa shape index (κ3) is 4.85. The summed E-state index contributed by atoms with van der Waals surface area (Å²) in [6, 6.07) is 4.58. The average Bonchev–Trinajstić information content (AvgIpc) is 2.99. The van der Waals surface area contributed by atoms with Gasteiger partial charge in [0.05, 0.1) is 36.4 Å². The van der Waals surface area contributed by atoms with Crippen LogP contribution in [0.25, 0.3) is 10.9 Å². The number of hydrogen-bond donors (Lipinski definition) is 2. The number of nitrogens with one attached hydrogen (secondary N) is 2. The number of aromatic nitrogens is 1. The van der Waals surface area contributed by atoms with Gasteiger partial charge in [0.1, 0.15) is 0 Å². The normalized spacial score (nSPS) is 12.3. The van der Waals surface area contributed by atoms with Gasteiger partial charge in [-0.05, 0) is 65.6 Å². The number of aryl methyl sites for hydroxylation is 1. The van der Waals surface area contributed by atoms with E-state index < -0.39 is 0 Å². The first-order valence-electron chi connectivity index (χ1n) is 9.95. The Balaban J connectivity index is 2.32. The van der Waals surface area contributed by atoms with Gasteiger partial charge in [0.25, 0.3) is 0 Å². The molecule has 0 aliphatic carbocycles. The smallest absolute Gasteiger partial charge is 0.174 e. The number of benzene rings is 1. The molecule has 1 atom stereocenters. The van der Waals surface area contributed by atoms with E-state index in [1.165, 1.54) is 0 Å². The molecule has 5 nitrogen and oxygen atoms in total. The lowest BCUT2D eigenvalue weighted by Crippen LogP contribution is -2.26. The SMILES string of the molecule is CCOc1ccc2[nH]c(CCCNC(C)CC)c(OCC)c2c1OCC. The zero-order valence-electron chi connectivity index (χ0n) is 16.9. The maximum Gasteiger partial charge on any atom is 0.174 e.